The number of aryl methyl sites for hydroxylation is 1. The maximum absolute atomic E-state index is 12.7. The van der Waals surface area contributed by atoms with E-state index in [0.717, 1.165) is 50.0 Å². The predicted octanol–water partition coefficient (Wildman–Crippen LogP) is 3.56. The van der Waals surface area contributed by atoms with Crippen LogP contribution in [0, 0.1) is 6.92 Å². The topological polar surface area (TPSA) is 44.8 Å². The Balaban J connectivity index is 1.35. The number of hydrogen-bond acceptors (Lipinski definition) is 5. The van der Waals surface area contributed by atoms with Gasteiger partial charge in [0.2, 0.25) is 5.91 Å². The second kappa shape index (κ2) is 9.65. The molecule has 6 heteroatoms. The zero-order chi connectivity index (χ0) is 20.1. The molecule has 2 aromatic rings. The summed E-state index contributed by atoms with van der Waals surface area (Å²) in [5.41, 5.74) is 4.59. The minimum Gasteiger partial charge on any atom is -0.378 e. The summed E-state index contributed by atoms with van der Waals surface area (Å²) in [4.78, 5) is 17.3. The van der Waals surface area contributed by atoms with Crippen LogP contribution in [0.25, 0.3) is 0 Å². The third kappa shape index (κ3) is 5.32. The van der Waals surface area contributed by atoms with Crippen LogP contribution < -0.4 is 10.2 Å². The van der Waals surface area contributed by atoms with Gasteiger partial charge in [-0.2, -0.15) is 11.8 Å². The minimum absolute atomic E-state index is 0.0492. The Morgan fingerprint density at radius 2 is 1.79 bits per heavy atom. The maximum atomic E-state index is 12.7. The molecule has 1 N–H and O–H groups in total. The summed E-state index contributed by atoms with van der Waals surface area (Å²) in [5.74, 6) is 2.15. The first-order chi connectivity index (χ1) is 14.2. The Hall–Kier alpha value is -2.02. The third-order valence-corrected chi connectivity index (χ3v) is 6.60. The van der Waals surface area contributed by atoms with Crippen LogP contribution in [-0.2, 0) is 9.53 Å². The van der Waals surface area contributed by atoms with Crippen LogP contribution in [0.2, 0.25) is 0 Å². The Morgan fingerprint density at radius 3 is 2.52 bits per heavy atom. The molecule has 0 aromatic heterocycles. The van der Waals surface area contributed by atoms with E-state index in [9.17, 15) is 4.79 Å². The van der Waals surface area contributed by atoms with Crippen molar-refractivity contribution in [3.05, 3.63) is 59.7 Å². The first-order valence-electron chi connectivity index (χ1n) is 10.3. The molecule has 0 radical (unpaired) electrons. The average Bonchev–Trinajstić information content (AvgIpc) is 2.76. The van der Waals surface area contributed by atoms with Crippen LogP contribution >= 0.6 is 11.8 Å². The van der Waals surface area contributed by atoms with Crippen molar-refractivity contribution in [3.63, 3.8) is 0 Å². The Morgan fingerprint density at radius 1 is 1.07 bits per heavy atom. The van der Waals surface area contributed by atoms with Gasteiger partial charge in [-0.3, -0.25) is 9.69 Å². The van der Waals surface area contributed by atoms with Gasteiger partial charge in [0.25, 0.3) is 0 Å². The summed E-state index contributed by atoms with van der Waals surface area (Å²) in [6.45, 7) is 6.84. The van der Waals surface area contributed by atoms with E-state index in [1.54, 1.807) is 0 Å². The molecule has 0 spiro atoms. The average molecular weight is 412 g/mol. The van der Waals surface area contributed by atoms with Crippen LogP contribution in [0.5, 0.6) is 0 Å². The molecule has 5 nitrogen and oxygen atoms in total. The van der Waals surface area contributed by atoms with Gasteiger partial charge in [0.15, 0.2) is 0 Å². The highest BCUT2D eigenvalue weighted by Gasteiger charge is 2.26. The first kappa shape index (κ1) is 20.3. The summed E-state index contributed by atoms with van der Waals surface area (Å²) >= 11 is 1.97. The van der Waals surface area contributed by atoms with Crippen molar-refractivity contribution in [2.45, 2.75) is 13.0 Å². The van der Waals surface area contributed by atoms with Gasteiger partial charge in [-0.05, 0) is 36.8 Å². The van der Waals surface area contributed by atoms with Crippen LogP contribution in [0.4, 0.5) is 11.4 Å². The molecule has 29 heavy (non-hydrogen) atoms. The van der Waals surface area contributed by atoms with E-state index >= 15 is 0 Å². The van der Waals surface area contributed by atoms with E-state index < -0.39 is 0 Å². The van der Waals surface area contributed by atoms with E-state index in [4.69, 9.17) is 4.74 Å². The molecule has 2 heterocycles. The SMILES string of the molecule is Cc1ccc(C2CSCCN2CC(=O)Nc2ccc(N3CCOCC3)cc2)cc1. The summed E-state index contributed by atoms with van der Waals surface area (Å²) in [7, 11) is 0. The molecular formula is C23H29N3O2S. The lowest BCUT2D eigenvalue weighted by Gasteiger charge is -2.35. The second-order valence-electron chi connectivity index (χ2n) is 7.67. The van der Waals surface area contributed by atoms with E-state index in [0.29, 0.717) is 12.6 Å². The number of carbonyl (C=O) groups excluding carboxylic acids is 1. The number of anilines is 2. The summed E-state index contributed by atoms with van der Waals surface area (Å²) in [6.07, 6.45) is 0. The van der Waals surface area contributed by atoms with Crippen molar-refractivity contribution in [1.29, 1.82) is 0 Å². The molecule has 1 amide bonds. The molecule has 1 unspecified atom stereocenters. The maximum Gasteiger partial charge on any atom is 0.238 e. The van der Waals surface area contributed by atoms with E-state index in [1.807, 2.05) is 23.9 Å². The fourth-order valence-corrected chi connectivity index (χ4v) is 5.04. The first-order valence-corrected chi connectivity index (χ1v) is 11.5. The molecule has 4 rings (SSSR count). The lowest BCUT2D eigenvalue weighted by atomic mass is 10.0. The van der Waals surface area contributed by atoms with Gasteiger partial charge in [-0.1, -0.05) is 29.8 Å². The summed E-state index contributed by atoms with van der Waals surface area (Å²) in [5, 5.41) is 3.07. The number of hydrogen-bond donors (Lipinski definition) is 1. The van der Waals surface area contributed by atoms with Crippen molar-refractivity contribution in [1.82, 2.24) is 4.90 Å². The minimum atomic E-state index is 0.0492. The summed E-state index contributed by atoms with van der Waals surface area (Å²) in [6, 6.07) is 17.1. The van der Waals surface area contributed by atoms with Crippen LogP contribution in [0.15, 0.2) is 48.5 Å². The van der Waals surface area contributed by atoms with Gasteiger partial charge in [0.05, 0.1) is 19.8 Å². The molecule has 2 fully saturated rings. The fraction of sp³-hybridized carbons (Fsp3) is 0.435. The molecule has 2 aliphatic heterocycles. The number of morpholine rings is 1. The number of amides is 1. The van der Waals surface area contributed by atoms with Gasteiger partial charge < -0.3 is 15.0 Å². The van der Waals surface area contributed by atoms with Gasteiger partial charge in [-0.25, -0.2) is 0 Å². The van der Waals surface area contributed by atoms with Gasteiger partial charge in [0, 0.05) is 48.6 Å². The second-order valence-corrected chi connectivity index (χ2v) is 8.82. The highest BCUT2D eigenvalue weighted by molar-refractivity contribution is 7.99. The van der Waals surface area contributed by atoms with E-state index in [2.05, 4.69) is 58.4 Å². The number of benzene rings is 2. The normalized spacial score (nSPS) is 20.4. The lowest BCUT2D eigenvalue weighted by molar-refractivity contribution is -0.117. The molecule has 0 aliphatic carbocycles. The van der Waals surface area contributed by atoms with Crippen LogP contribution in [-0.4, -0.2) is 61.7 Å². The number of rotatable bonds is 5. The molecule has 2 saturated heterocycles. The molecule has 0 saturated carbocycles. The van der Waals surface area contributed by atoms with E-state index in [-0.39, 0.29) is 5.91 Å². The van der Waals surface area contributed by atoms with E-state index in [1.165, 1.54) is 16.8 Å². The molecular weight excluding hydrogens is 382 g/mol. The monoisotopic (exact) mass is 411 g/mol. The van der Waals surface area contributed by atoms with Crippen molar-refractivity contribution in [2.24, 2.45) is 0 Å². The highest BCUT2D eigenvalue weighted by Crippen LogP contribution is 2.29. The Labute approximate surface area is 177 Å². The van der Waals surface area contributed by atoms with Gasteiger partial charge >= 0.3 is 0 Å². The largest absolute Gasteiger partial charge is 0.378 e. The quantitative estimate of drug-likeness (QED) is 0.815. The molecule has 1 atom stereocenters. The Bertz CT molecular complexity index is 804. The molecule has 154 valence electrons. The van der Waals surface area contributed by atoms with Crippen molar-refractivity contribution in [3.8, 4) is 0 Å². The predicted molar refractivity (Wildman–Crippen MR) is 121 cm³/mol. The van der Waals surface area contributed by atoms with Crippen LogP contribution in [0.1, 0.15) is 17.2 Å². The third-order valence-electron chi connectivity index (χ3n) is 5.58. The van der Waals surface area contributed by atoms with Crippen LogP contribution in [0.3, 0.4) is 0 Å². The zero-order valence-corrected chi connectivity index (χ0v) is 17.8. The standard InChI is InChI=1S/C23H29N3O2S/c1-18-2-4-19(5-3-18)22-17-29-15-12-26(22)16-23(27)24-20-6-8-21(9-7-20)25-10-13-28-14-11-25/h2-9,22H,10-17H2,1H3,(H,24,27). The van der Waals surface area contributed by atoms with Crippen molar-refractivity contribution in [2.75, 3.05) is 61.1 Å². The number of ether oxygens (including phenoxy) is 1. The molecule has 2 aromatic carbocycles. The summed E-state index contributed by atoms with van der Waals surface area (Å²) < 4.78 is 5.41. The lowest BCUT2D eigenvalue weighted by Crippen LogP contribution is -2.41. The highest BCUT2D eigenvalue weighted by atomic mass is 32.2. The number of nitrogens with one attached hydrogen (secondary N) is 1. The zero-order valence-electron chi connectivity index (χ0n) is 17.0. The fourth-order valence-electron chi connectivity index (χ4n) is 3.89. The Kier molecular flexibility index (Phi) is 6.74. The van der Waals surface area contributed by atoms with Gasteiger partial charge in [-0.15, -0.1) is 0 Å². The van der Waals surface area contributed by atoms with Crippen molar-refractivity contribution < 1.29 is 9.53 Å². The molecule has 0 bridgehead atoms. The molecule has 2 aliphatic rings. The number of nitrogens with zero attached hydrogens (tertiary/aromatic N) is 2. The van der Waals surface area contributed by atoms with Crippen molar-refractivity contribution >= 4 is 29.0 Å². The number of thioether (sulfide) groups is 1. The van der Waals surface area contributed by atoms with Gasteiger partial charge in [0.1, 0.15) is 0 Å². The number of carbonyl (C=O) groups is 1. The smallest absolute Gasteiger partial charge is 0.238 e.